The maximum absolute atomic E-state index is 10.9. The first kappa shape index (κ1) is 9.87. The van der Waals surface area contributed by atoms with Gasteiger partial charge in [0.15, 0.2) is 0 Å². The standard InChI is InChI=1S/C6H11N4O3/c1-6(11)8-2-4-9(5-3-8)10(13)7-12/h2-5H2,1H3/q-1. The van der Waals surface area contributed by atoms with E-state index in [1.807, 2.05) is 0 Å². The Morgan fingerprint density at radius 1 is 1.38 bits per heavy atom. The van der Waals surface area contributed by atoms with Crippen molar-refractivity contribution in [3.63, 3.8) is 0 Å². The second-order valence-electron chi connectivity index (χ2n) is 2.79. The topological polar surface area (TPSA) is 79.3 Å². The van der Waals surface area contributed by atoms with E-state index in [1.54, 1.807) is 4.90 Å². The van der Waals surface area contributed by atoms with Gasteiger partial charge in [0, 0.05) is 33.1 Å². The third-order valence-corrected chi connectivity index (χ3v) is 2.01. The van der Waals surface area contributed by atoms with Gasteiger partial charge in [0.2, 0.25) is 5.91 Å². The highest BCUT2D eigenvalue weighted by Crippen LogP contribution is 2.04. The molecule has 1 aliphatic rings. The van der Waals surface area contributed by atoms with Gasteiger partial charge in [-0.25, -0.2) is 5.01 Å². The summed E-state index contributed by atoms with van der Waals surface area (Å²) in [5.41, 5.74) is 0. The summed E-state index contributed by atoms with van der Waals surface area (Å²) in [6, 6.07) is 0. The molecule has 0 spiro atoms. The average Bonchev–Trinajstić information content (AvgIpc) is 2.17. The molecule has 1 aliphatic heterocycles. The Balaban J connectivity index is 2.38. The molecule has 7 heteroatoms. The van der Waals surface area contributed by atoms with Gasteiger partial charge >= 0.3 is 0 Å². The number of hydrazine groups is 1. The highest BCUT2D eigenvalue weighted by atomic mass is 16.6. The highest BCUT2D eigenvalue weighted by molar-refractivity contribution is 5.73. The molecule has 0 atom stereocenters. The molecule has 0 bridgehead atoms. The van der Waals surface area contributed by atoms with Crippen molar-refractivity contribution in [1.82, 2.24) is 15.2 Å². The van der Waals surface area contributed by atoms with Crippen LogP contribution in [0.4, 0.5) is 0 Å². The number of piperazine rings is 1. The number of carbonyl (C=O) groups is 1. The van der Waals surface area contributed by atoms with Crippen molar-refractivity contribution in [2.45, 2.75) is 6.92 Å². The van der Waals surface area contributed by atoms with E-state index < -0.39 is 0 Å². The lowest BCUT2D eigenvalue weighted by Gasteiger charge is -2.40. The first-order chi connectivity index (χ1) is 6.15. The molecule has 0 unspecified atom stereocenters. The van der Waals surface area contributed by atoms with Crippen molar-refractivity contribution in [3.05, 3.63) is 10.1 Å². The van der Waals surface area contributed by atoms with Gasteiger partial charge in [-0.1, -0.05) is 0 Å². The quantitative estimate of drug-likeness (QED) is 0.432. The average molecular weight is 187 g/mol. The Labute approximate surface area is 75.4 Å². The summed E-state index contributed by atoms with van der Waals surface area (Å²) in [4.78, 5) is 22.4. The number of rotatable bonds is 2. The lowest BCUT2D eigenvalue weighted by Crippen LogP contribution is -2.51. The van der Waals surface area contributed by atoms with Crippen LogP contribution in [-0.4, -0.2) is 47.3 Å². The minimum absolute atomic E-state index is 0.0174. The summed E-state index contributed by atoms with van der Waals surface area (Å²) in [5.74, 6) is -0.0174. The third kappa shape index (κ3) is 2.36. The molecule has 1 fully saturated rings. The zero-order chi connectivity index (χ0) is 9.84. The van der Waals surface area contributed by atoms with E-state index >= 15 is 0 Å². The van der Waals surface area contributed by atoms with Gasteiger partial charge < -0.3 is 10.1 Å². The molecular weight excluding hydrogens is 176 g/mol. The summed E-state index contributed by atoms with van der Waals surface area (Å²) in [6.45, 7) is 3.11. The predicted molar refractivity (Wildman–Crippen MR) is 44.8 cm³/mol. The van der Waals surface area contributed by atoms with E-state index in [9.17, 15) is 14.9 Å². The van der Waals surface area contributed by atoms with Crippen LogP contribution in [0.15, 0.2) is 5.29 Å². The lowest BCUT2D eigenvalue weighted by atomic mass is 10.3. The number of nitroso groups, excluding NO2 is 1. The molecule has 1 saturated heterocycles. The number of hydrogen-bond acceptors (Lipinski definition) is 5. The molecule has 1 rings (SSSR count). The fourth-order valence-electron chi connectivity index (χ4n) is 1.23. The summed E-state index contributed by atoms with van der Waals surface area (Å²) in [6.07, 6.45) is 0. The summed E-state index contributed by atoms with van der Waals surface area (Å²) < 4.78 is 0. The van der Waals surface area contributed by atoms with Crippen LogP contribution < -0.4 is 0 Å². The van der Waals surface area contributed by atoms with Crippen molar-refractivity contribution in [2.75, 3.05) is 26.2 Å². The third-order valence-electron chi connectivity index (χ3n) is 2.01. The summed E-state index contributed by atoms with van der Waals surface area (Å²) in [7, 11) is 0. The Morgan fingerprint density at radius 3 is 2.31 bits per heavy atom. The fraction of sp³-hybridized carbons (Fsp3) is 0.833. The van der Waals surface area contributed by atoms with Gasteiger partial charge in [-0.05, 0) is 0 Å². The van der Waals surface area contributed by atoms with E-state index in [-0.39, 0.29) is 11.2 Å². The summed E-state index contributed by atoms with van der Waals surface area (Å²) in [5, 5.41) is 14.2. The molecule has 1 heterocycles. The van der Waals surface area contributed by atoms with Gasteiger partial charge in [-0.2, -0.15) is 0 Å². The van der Waals surface area contributed by atoms with E-state index in [4.69, 9.17) is 0 Å². The molecule has 74 valence electrons. The first-order valence-electron chi connectivity index (χ1n) is 3.96. The SMILES string of the molecule is CC(=O)N1CCN(N([O-])N=O)CC1. The molecule has 13 heavy (non-hydrogen) atoms. The van der Waals surface area contributed by atoms with Crippen LogP contribution in [0.1, 0.15) is 6.92 Å². The van der Waals surface area contributed by atoms with E-state index in [1.165, 1.54) is 11.9 Å². The molecule has 0 radical (unpaired) electrons. The molecule has 7 nitrogen and oxygen atoms in total. The molecular formula is C6H11N4O3-. The zero-order valence-electron chi connectivity index (χ0n) is 7.34. The van der Waals surface area contributed by atoms with Gasteiger partial charge in [0.1, 0.15) is 0 Å². The highest BCUT2D eigenvalue weighted by Gasteiger charge is 2.19. The zero-order valence-corrected chi connectivity index (χ0v) is 7.34. The Morgan fingerprint density at radius 2 is 1.92 bits per heavy atom. The van der Waals surface area contributed by atoms with E-state index in [0.717, 1.165) is 0 Å². The van der Waals surface area contributed by atoms with Gasteiger partial charge in [0.05, 0.1) is 5.29 Å². The predicted octanol–water partition coefficient (Wildman–Crippen LogP) is -0.453. The molecule has 0 saturated carbocycles. The van der Waals surface area contributed by atoms with Crippen molar-refractivity contribution in [2.24, 2.45) is 5.29 Å². The fourth-order valence-corrected chi connectivity index (χ4v) is 1.23. The van der Waals surface area contributed by atoms with E-state index in [0.29, 0.717) is 26.2 Å². The Hall–Kier alpha value is -1.21. The molecule has 0 aromatic rings. The van der Waals surface area contributed by atoms with Crippen LogP contribution in [0, 0.1) is 10.1 Å². The van der Waals surface area contributed by atoms with Gasteiger partial charge in [0.25, 0.3) is 0 Å². The van der Waals surface area contributed by atoms with Crippen molar-refractivity contribution < 1.29 is 4.79 Å². The molecule has 1 amide bonds. The molecule has 0 aromatic carbocycles. The number of nitrogens with zero attached hydrogens (tertiary/aromatic N) is 4. The van der Waals surface area contributed by atoms with E-state index in [2.05, 4.69) is 5.29 Å². The monoisotopic (exact) mass is 187 g/mol. The van der Waals surface area contributed by atoms with Crippen LogP contribution in [0.25, 0.3) is 0 Å². The molecule has 0 aromatic heterocycles. The minimum Gasteiger partial charge on any atom is -0.724 e. The molecule has 0 aliphatic carbocycles. The van der Waals surface area contributed by atoms with Crippen LogP contribution in [0.5, 0.6) is 0 Å². The van der Waals surface area contributed by atoms with Crippen molar-refractivity contribution >= 4 is 5.91 Å². The van der Waals surface area contributed by atoms with Gasteiger partial charge in [-0.3, -0.25) is 10.1 Å². The second kappa shape index (κ2) is 4.15. The van der Waals surface area contributed by atoms with Gasteiger partial charge in [-0.15, -0.1) is 4.91 Å². The van der Waals surface area contributed by atoms with Crippen LogP contribution in [0.2, 0.25) is 0 Å². The summed E-state index contributed by atoms with van der Waals surface area (Å²) >= 11 is 0. The number of carbonyl (C=O) groups excluding carboxylic acids is 1. The smallest absolute Gasteiger partial charge is 0.219 e. The number of hydrogen-bond donors (Lipinski definition) is 0. The maximum Gasteiger partial charge on any atom is 0.219 e. The van der Waals surface area contributed by atoms with Crippen LogP contribution in [-0.2, 0) is 4.79 Å². The van der Waals surface area contributed by atoms with Crippen molar-refractivity contribution in [3.8, 4) is 0 Å². The van der Waals surface area contributed by atoms with Crippen molar-refractivity contribution in [1.29, 1.82) is 0 Å². The first-order valence-corrected chi connectivity index (χ1v) is 3.96. The normalized spacial score (nSPS) is 18.5. The number of amides is 1. The minimum atomic E-state index is -0.0174. The van der Waals surface area contributed by atoms with Crippen LogP contribution >= 0.6 is 0 Å². The Bertz CT molecular complexity index is 202. The maximum atomic E-state index is 10.9. The molecule has 0 N–H and O–H groups in total. The van der Waals surface area contributed by atoms with Crippen LogP contribution in [0.3, 0.4) is 0 Å². The second-order valence-corrected chi connectivity index (χ2v) is 2.79. The Kier molecular flexibility index (Phi) is 3.15. The largest absolute Gasteiger partial charge is 0.724 e. The lowest BCUT2D eigenvalue weighted by molar-refractivity contribution is -0.133.